The van der Waals surface area contributed by atoms with Crippen LogP contribution in [0.4, 0.5) is 0 Å². The Morgan fingerprint density at radius 2 is 1.67 bits per heavy atom. The topological polar surface area (TPSA) is 21.3 Å². The maximum absolute atomic E-state index is 6.34. The zero-order chi connectivity index (χ0) is 15.6. The molecule has 2 nitrogen and oxygen atoms in total. The number of nitrogens with one attached hydrogen (secondary N) is 1. The normalized spacial score (nSPS) is 12.3. The van der Waals surface area contributed by atoms with E-state index in [1.54, 1.807) is 13.2 Å². The summed E-state index contributed by atoms with van der Waals surface area (Å²) in [4.78, 5) is 0. The first-order valence-electron chi connectivity index (χ1n) is 6.75. The molecule has 2 aromatic rings. The van der Waals surface area contributed by atoms with E-state index in [0.29, 0.717) is 10.0 Å². The summed E-state index contributed by atoms with van der Waals surface area (Å²) in [5.41, 5.74) is 4.38. The summed E-state index contributed by atoms with van der Waals surface area (Å²) in [6, 6.07) is 9.84. The average molecular weight is 324 g/mol. The van der Waals surface area contributed by atoms with Crippen LogP contribution in [0.1, 0.15) is 28.3 Å². The van der Waals surface area contributed by atoms with E-state index in [4.69, 9.17) is 27.9 Å². The third kappa shape index (κ3) is 3.34. The highest BCUT2D eigenvalue weighted by Gasteiger charge is 2.17. The summed E-state index contributed by atoms with van der Waals surface area (Å²) in [5, 5.41) is 4.62. The van der Waals surface area contributed by atoms with E-state index in [-0.39, 0.29) is 6.04 Å². The van der Waals surface area contributed by atoms with Crippen molar-refractivity contribution in [1.82, 2.24) is 5.32 Å². The molecule has 0 heterocycles. The van der Waals surface area contributed by atoms with Crippen LogP contribution < -0.4 is 10.1 Å². The molecular formula is C17H19Cl2NO. The van der Waals surface area contributed by atoms with Gasteiger partial charge < -0.3 is 10.1 Å². The van der Waals surface area contributed by atoms with Gasteiger partial charge in [-0.25, -0.2) is 0 Å². The number of benzene rings is 2. The molecule has 0 aliphatic rings. The van der Waals surface area contributed by atoms with Crippen LogP contribution in [0.15, 0.2) is 30.3 Å². The molecule has 1 unspecified atom stereocenters. The van der Waals surface area contributed by atoms with Gasteiger partial charge in [0.2, 0.25) is 0 Å². The molecule has 0 aliphatic heterocycles. The van der Waals surface area contributed by atoms with E-state index in [1.807, 2.05) is 33.0 Å². The molecule has 2 aromatic carbocycles. The van der Waals surface area contributed by atoms with E-state index in [0.717, 1.165) is 28.0 Å². The first kappa shape index (κ1) is 16.2. The minimum Gasteiger partial charge on any atom is -0.496 e. The molecule has 21 heavy (non-hydrogen) atoms. The molecular weight excluding hydrogens is 305 g/mol. The first-order chi connectivity index (χ1) is 9.97. The molecule has 2 rings (SSSR count). The summed E-state index contributed by atoms with van der Waals surface area (Å²) in [6.45, 7) is 4.09. The Balaban J connectivity index is 2.51. The van der Waals surface area contributed by atoms with Crippen LogP contribution in [0.5, 0.6) is 5.75 Å². The second kappa shape index (κ2) is 6.69. The fraction of sp³-hybridized carbons (Fsp3) is 0.294. The van der Waals surface area contributed by atoms with Gasteiger partial charge in [0.15, 0.2) is 0 Å². The van der Waals surface area contributed by atoms with Crippen LogP contribution in [-0.2, 0) is 0 Å². The number of methoxy groups -OCH3 is 1. The van der Waals surface area contributed by atoms with Crippen LogP contribution in [0, 0.1) is 13.8 Å². The number of hydrogen-bond donors (Lipinski definition) is 1. The molecule has 1 atom stereocenters. The van der Waals surface area contributed by atoms with E-state index in [9.17, 15) is 0 Å². The van der Waals surface area contributed by atoms with Gasteiger partial charge in [-0.3, -0.25) is 0 Å². The number of ether oxygens (including phenoxy) is 1. The van der Waals surface area contributed by atoms with Crippen molar-refractivity contribution in [1.29, 1.82) is 0 Å². The van der Waals surface area contributed by atoms with Crippen molar-refractivity contribution < 1.29 is 4.74 Å². The van der Waals surface area contributed by atoms with Gasteiger partial charge in [-0.2, -0.15) is 0 Å². The van der Waals surface area contributed by atoms with Crippen LogP contribution in [-0.4, -0.2) is 14.2 Å². The van der Waals surface area contributed by atoms with Crippen molar-refractivity contribution in [2.45, 2.75) is 19.9 Å². The standard InChI is InChI=1S/C17H19Cl2NO/c1-10-7-12(8-11(2)17(10)21-4)16(20-3)14-6-5-13(18)9-15(14)19/h5-9,16,20H,1-4H3. The van der Waals surface area contributed by atoms with Crippen molar-refractivity contribution in [3.05, 3.63) is 62.6 Å². The molecule has 0 saturated heterocycles. The van der Waals surface area contributed by atoms with Gasteiger partial charge in [-0.05, 0) is 55.3 Å². The number of aryl methyl sites for hydroxylation is 2. The quantitative estimate of drug-likeness (QED) is 0.861. The lowest BCUT2D eigenvalue weighted by molar-refractivity contribution is 0.408. The van der Waals surface area contributed by atoms with E-state index >= 15 is 0 Å². The lowest BCUT2D eigenvalue weighted by atomic mass is 9.95. The molecule has 0 saturated carbocycles. The van der Waals surface area contributed by atoms with Crippen LogP contribution in [0.2, 0.25) is 10.0 Å². The number of hydrogen-bond acceptors (Lipinski definition) is 2. The number of halogens is 2. The predicted octanol–water partition coefficient (Wildman–Crippen LogP) is 4.93. The van der Waals surface area contributed by atoms with Crippen molar-refractivity contribution >= 4 is 23.2 Å². The smallest absolute Gasteiger partial charge is 0.124 e. The molecule has 0 aromatic heterocycles. The third-order valence-electron chi connectivity index (χ3n) is 3.58. The van der Waals surface area contributed by atoms with E-state index < -0.39 is 0 Å². The molecule has 0 spiro atoms. The Hall–Kier alpha value is -1.22. The van der Waals surface area contributed by atoms with Crippen molar-refractivity contribution in [3.63, 3.8) is 0 Å². The first-order valence-corrected chi connectivity index (χ1v) is 7.51. The third-order valence-corrected chi connectivity index (χ3v) is 4.14. The lowest BCUT2D eigenvalue weighted by Gasteiger charge is -2.21. The number of rotatable bonds is 4. The minimum absolute atomic E-state index is 0.0121. The highest BCUT2D eigenvalue weighted by molar-refractivity contribution is 6.35. The van der Waals surface area contributed by atoms with Crippen LogP contribution >= 0.6 is 23.2 Å². The Morgan fingerprint density at radius 3 is 2.14 bits per heavy atom. The van der Waals surface area contributed by atoms with Gasteiger partial charge >= 0.3 is 0 Å². The van der Waals surface area contributed by atoms with Gasteiger partial charge in [0, 0.05) is 10.0 Å². The molecule has 0 fully saturated rings. The van der Waals surface area contributed by atoms with E-state index in [2.05, 4.69) is 17.4 Å². The molecule has 4 heteroatoms. The summed E-state index contributed by atoms with van der Waals surface area (Å²) in [5.74, 6) is 0.927. The van der Waals surface area contributed by atoms with Gasteiger partial charge in [0.25, 0.3) is 0 Å². The Bertz CT molecular complexity index is 632. The van der Waals surface area contributed by atoms with Crippen molar-refractivity contribution in [3.8, 4) is 5.75 Å². The largest absolute Gasteiger partial charge is 0.496 e. The monoisotopic (exact) mass is 323 g/mol. The van der Waals surface area contributed by atoms with E-state index in [1.165, 1.54) is 0 Å². The average Bonchev–Trinajstić information content (AvgIpc) is 2.41. The second-order valence-electron chi connectivity index (χ2n) is 5.08. The maximum atomic E-state index is 6.34. The fourth-order valence-electron chi connectivity index (χ4n) is 2.71. The molecule has 0 aliphatic carbocycles. The summed E-state index contributed by atoms with van der Waals surface area (Å²) >= 11 is 12.3. The van der Waals surface area contributed by atoms with Gasteiger partial charge in [-0.1, -0.05) is 41.4 Å². The van der Waals surface area contributed by atoms with Crippen LogP contribution in [0.3, 0.4) is 0 Å². The second-order valence-corrected chi connectivity index (χ2v) is 5.92. The Kier molecular flexibility index (Phi) is 5.15. The fourth-order valence-corrected chi connectivity index (χ4v) is 3.23. The molecule has 0 amide bonds. The highest BCUT2D eigenvalue weighted by Crippen LogP contribution is 2.33. The summed E-state index contributed by atoms with van der Waals surface area (Å²) in [6.07, 6.45) is 0. The van der Waals surface area contributed by atoms with Gasteiger partial charge in [0.05, 0.1) is 13.2 Å². The molecule has 1 N–H and O–H groups in total. The SMILES string of the molecule is CNC(c1cc(C)c(OC)c(C)c1)c1ccc(Cl)cc1Cl. The van der Waals surface area contributed by atoms with Crippen LogP contribution in [0.25, 0.3) is 0 Å². The van der Waals surface area contributed by atoms with Gasteiger partial charge in [0.1, 0.15) is 5.75 Å². The molecule has 0 bridgehead atoms. The summed E-state index contributed by atoms with van der Waals surface area (Å²) < 4.78 is 5.43. The maximum Gasteiger partial charge on any atom is 0.124 e. The van der Waals surface area contributed by atoms with Crippen molar-refractivity contribution in [2.24, 2.45) is 0 Å². The predicted molar refractivity (Wildman–Crippen MR) is 89.8 cm³/mol. The summed E-state index contributed by atoms with van der Waals surface area (Å²) in [7, 11) is 3.62. The van der Waals surface area contributed by atoms with Crippen molar-refractivity contribution in [2.75, 3.05) is 14.2 Å². The Labute approximate surface area is 136 Å². The van der Waals surface area contributed by atoms with Gasteiger partial charge in [-0.15, -0.1) is 0 Å². The lowest BCUT2D eigenvalue weighted by Crippen LogP contribution is -2.18. The zero-order valence-electron chi connectivity index (χ0n) is 12.6. The molecule has 112 valence electrons. The minimum atomic E-state index is 0.0121. The zero-order valence-corrected chi connectivity index (χ0v) is 14.1. The Morgan fingerprint density at radius 1 is 1.05 bits per heavy atom. The highest BCUT2D eigenvalue weighted by atomic mass is 35.5. The molecule has 0 radical (unpaired) electrons.